The highest BCUT2D eigenvalue weighted by molar-refractivity contribution is 6.00. The van der Waals surface area contributed by atoms with Gasteiger partial charge >= 0.3 is 0 Å². The van der Waals surface area contributed by atoms with Crippen LogP contribution in [0.3, 0.4) is 0 Å². The Morgan fingerprint density at radius 2 is 2.21 bits per heavy atom. The van der Waals surface area contributed by atoms with Gasteiger partial charge in [0.25, 0.3) is 0 Å². The van der Waals surface area contributed by atoms with Crippen LogP contribution in [-0.4, -0.2) is 36.4 Å². The van der Waals surface area contributed by atoms with Crippen LogP contribution < -0.4 is 10.1 Å². The van der Waals surface area contributed by atoms with Gasteiger partial charge in [0, 0.05) is 11.6 Å². The van der Waals surface area contributed by atoms with Gasteiger partial charge in [0.15, 0.2) is 0 Å². The average Bonchev–Trinajstić information content (AvgIpc) is 2.40. The maximum atomic E-state index is 13.8. The predicted octanol–water partition coefficient (Wildman–Crippen LogP) is 0.681. The fourth-order valence-electron chi connectivity index (χ4n) is 1.90. The average molecular weight is 266 g/mol. The van der Waals surface area contributed by atoms with Gasteiger partial charge in [0.05, 0.1) is 26.2 Å². The molecule has 2 rings (SSSR count). The van der Waals surface area contributed by atoms with Crippen molar-refractivity contribution in [3.05, 3.63) is 29.6 Å². The van der Waals surface area contributed by atoms with Crippen molar-refractivity contribution in [2.45, 2.75) is 19.5 Å². The molecule has 0 saturated carbocycles. The quantitative estimate of drug-likeness (QED) is 0.817. The SMILES string of the molecule is COc1ccc(CN2C(=O)CNC(C)C2=O)c(F)c1. The van der Waals surface area contributed by atoms with Gasteiger partial charge in [-0.05, 0) is 13.0 Å². The third kappa shape index (κ3) is 2.73. The number of carbonyl (C=O) groups excluding carboxylic acids is 2. The Kier molecular flexibility index (Phi) is 3.80. The van der Waals surface area contributed by atoms with E-state index in [1.165, 1.54) is 19.2 Å². The van der Waals surface area contributed by atoms with Crippen LogP contribution in [0.2, 0.25) is 0 Å². The molecule has 1 atom stereocenters. The molecule has 19 heavy (non-hydrogen) atoms. The first kappa shape index (κ1) is 13.5. The number of imide groups is 1. The van der Waals surface area contributed by atoms with Crippen molar-refractivity contribution in [1.29, 1.82) is 0 Å². The molecule has 1 saturated heterocycles. The third-order valence-electron chi connectivity index (χ3n) is 3.09. The van der Waals surface area contributed by atoms with Crippen molar-refractivity contribution >= 4 is 11.8 Å². The molecule has 0 radical (unpaired) electrons. The molecule has 0 aromatic heterocycles. The molecule has 102 valence electrons. The normalized spacial score (nSPS) is 19.7. The number of halogens is 1. The summed E-state index contributed by atoms with van der Waals surface area (Å²) in [6.45, 7) is 1.70. The van der Waals surface area contributed by atoms with E-state index in [1.807, 2.05) is 0 Å². The molecule has 1 unspecified atom stereocenters. The molecule has 0 bridgehead atoms. The Hall–Kier alpha value is -1.95. The number of benzene rings is 1. The number of nitrogens with zero attached hydrogens (tertiary/aromatic N) is 1. The number of amides is 2. The van der Waals surface area contributed by atoms with E-state index in [1.54, 1.807) is 13.0 Å². The lowest BCUT2D eigenvalue weighted by Gasteiger charge is -2.29. The molecular weight excluding hydrogens is 251 g/mol. The summed E-state index contributed by atoms with van der Waals surface area (Å²) in [7, 11) is 1.44. The van der Waals surface area contributed by atoms with Gasteiger partial charge in [-0.15, -0.1) is 0 Å². The van der Waals surface area contributed by atoms with Crippen LogP contribution in [0.25, 0.3) is 0 Å². The van der Waals surface area contributed by atoms with Crippen molar-refractivity contribution in [2.75, 3.05) is 13.7 Å². The molecule has 0 spiro atoms. The lowest BCUT2D eigenvalue weighted by atomic mass is 10.1. The Labute approximate surface area is 110 Å². The minimum absolute atomic E-state index is 0.0560. The molecule has 1 aromatic carbocycles. The second-order valence-corrected chi connectivity index (χ2v) is 4.38. The Morgan fingerprint density at radius 3 is 2.84 bits per heavy atom. The summed E-state index contributed by atoms with van der Waals surface area (Å²) in [5.74, 6) is -0.788. The third-order valence-corrected chi connectivity index (χ3v) is 3.09. The van der Waals surface area contributed by atoms with E-state index in [-0.39, 0.29) is 30.5 Å². The lowest BCUT2D eigenvalue weighted by Crippen LogP contribution is -2.56. The van der Waals surface area contributed by atoms with E-state index in [9.17, 15) is 14.0 Å². The first-order valence-corrected chi connectivity index (χ1v) is 5.93. The van der Waals surface area contributed by atoms with Gasteiger partial charge < -0.3 is 4.74 Å². The van der Waals surface area contributed by atoms with Crippen LogP contribution in [0.1, 0.15) is 12.5 Å². The second-order valence-electron chi connectivity index (χ2n) is 4.38. The molecule has 1 aliphatic heterocycles. The molecule has 1 fully saturated rings. The highest BCUT2D eigenvalue weighted by atomic mass is 19.1. The number of ether oxygens (including phenoxy) is 1. The van der Waals surface area contributed by atoms with Crippen molar-refractivity contribution in [3.63, 3.8) is 0 Å². The fourth-order valence-corrected chi connectivity index (χ4v) is 1.90. The number of hydrogen-bond donors (Lipinski definition) is 1. The molecule has 5 nitrogen and oxygen atoms in total. The summed E-state index contributed by atoms with van der Waals surface area (Å²) >= 11 is 0. The van der Waals surface area contributed by atoms with E-state index in [2.05, 4.69) is 5.32 Å². The summed E-state index contributed by atoms with van der Waals surface area (Å²) in [5.41, 5.74) is 0.289. The number of hydrogen-bond acceptors (Lipinski definition) is 4. The van der Waals surface area contributed by atoms with E-state index >= 15 is 0 Å². The van der Waals surface area contributed by atoms with Crippen LogP contribution in [0.5, 0.6) is 5.75 Å². The van der Waals surface area contributed by atoms with E-state index < -0.39 is 11.9 Å². The summed E-state index contributed by atoms with van der Waals surface area (Å²) in [6.07, 6.45) is 0. The second kappa shape index (κ2) is 5.36. The Bertz CT molecular complexity index is 519. The van der Waals surface area contributed by atoms with Gasteiger partial charge in [-0.2, -0.15) is 0 Å². The molecule has 2 amide bonds. The minimum Gasteiger partial charge on any atom is -0.497 e. The fraction of sp³-hybridized carbons (Fsp3) is 0.385. The van der Waals surface area contributed by atoms with Crippen LogP contribution in [0, 0.1) is 5.82 Å². The van der Waals surface area contributed by atoms with Crippen LogP contribution in [-0.2, 0) is 16.1 Å². The molecule has 1 heterocycles. The van der Waals surface area contributed by atoms with Crippen molar-refractivity contribution in [2.24, 2.45) is 0 Å². The van der Waals surface area contributed by atoms with Gasteiger partial charge in [0.1, 0.15) is 11.6 Å². The maximum Gasteiger partial charge on any atom is 0.246 e. The Balaban J connectivity index is 2.20. The number of piperazine rings is 1. The zero-order valence-electron chi connectivity index (χ0n) is 10.8. The molecule has 1 aromatic rings. The van der Waals surface area contributed by atoms with E-state index in [4.69, 9.17) is 4.74 Å². The van der Waals surface area contributed by atoms with Crippen molar-refractivity contribution < 1.29 is 18.7 Å². The topological polar surface area (TPSA) is 58.6 Å². The molecule has 6 heteroatoms. The van der Waals surface area contributed by atoms with E-state index in [0.717, 1.165) is 4.90 Å². The van der Waals surface area contributed by atoms with Crippen LogP contribution >= 0.6 is 0 Å². The zero-order valence-corrected chi connectivity index (χ0v) is 10.8. The summed E-state index contributed by atoms with van der Waals surface area (Å²) < 4.78 is 18.7. The van der Waals surface area contributed by atoms with Gasteiger partial charge in [-0.25, -0.2) is 4.39 Å². The summed E-state index contributed by atoms with van der Waals surface area (Å²) in [5, 5.41) is 2.78. The van der Waals surface area contributed by atoms with Gasteiger partial charge in [-0.3, -0.25) is 19.8 Å². The van der Waals surface area contributed by atoms with Crippen LogP contribution in [0.4, 0.5) is 4.39 Å². The van der Waals surface area contributed by atoms with Gasteiger partial charge in [0.2, 0.25) is 11.8 Å². The molecule has 1 aliphatic rings. The Morgan fingerprint density at radius 1 is 1.47 bits per heavy atom. The van der Waals surface area contributed by atoms with E-state index in [0.29, 0.717) is 5.75 Å². The maximum absolute atomic E-state index is 13.8. The van der Waals surface area contributed by atoms with Crippen molar-refractivity contribution in [1.82, 2.24) is 10.2 Å². The highest BCUT2D eigenvalue weighted by Crippen LogP contribution is 2.18. The number of carbonyl (C=O) groups is 2. The zero-order chi connectivity index (χ0) is 14.0. The van der Waals surface area contributed by atoms with Crippen LogP contribution in [0.15, 0.2) is 18.2 Å². The highest BCUT2D eigenvalue weighted by Gasteiger charge is 2.31. The first-order chi connectivity index (χ1) is 9.02. The standard InChI is InChI=1S/C13H15FN2O3/c1-8-13(18)16(12(17)6-15-8)7-9-3-4-10(19-2)5-11(9)14/h3-5,8,15H,6-7H2,1-2H3. The summed E-state index contributed by atoms with van der Waals surface area (Å²) in [6, 6.07) is 3.91. The molecular formula is C13H15FN2O3. The smallest absolute Gasteiger partial charge is 0.246 e. The molecule has 1 N–H and O–H groups in total. The van der Waals surface area contributed by atoms with Gasteiger partial charge in [-0.1, -0.05) is 6.07 Å². The monoisotopic (exact) mass is 266 g/mol. The minimum atomic E-state index is -0.494. The number of rotatable bonds is 3. The number of nitrogens with one attached hydrogen (secondary N) is 1. The largest absolute Gasteiger partial charge is 0.497 e. The predicted molar refractivity (Wildman–Crippen MR) is 66.0 cm³/mol. The lowest BCUT2D eigenvalue weighted by molar-refractivity contribution is -0.149. The first-order valence-electron chi connectivity index (χ1n) is 5.93. The molecule has 0 aliphatic carbocycles. The summed E-state index contributed by atoms with van der Waals surface area (Å²) in [4.78, 5) is 24.6. The van der Waals surface area contributed by atoms with Crippen molar-refractivity contribution in [3.8, 4) is 5.75 Å². The number of methoxy groups -OCH3 is 1.